The minimum absolute atomic E-state index is 0.0823. The zero-order valence-corrected chi connectivity index (χ0v) is 17.7. The second-order valence-corrected chi connectivity index (χ2v) is 7.49. The van der Waals surface area contributed by atoms with Crippen LogP contribution in [0.2, 0.25) is 0 Å². The number of hydrogen-bond donors (Lipinski definition) is 0. The van der Waals surface area contributed by atoms with Crippen molar-refractivity contribution in [3.8, 4) is 23.0 Å². The lowest BCUT2D eigenvalue weighted by Gasteiger charge is -2.38. The smallest absolute Gasteiger partial charge is 0.217 e. The van der Waals surface area contributed by atoms with Crippen LogP contribution in [-0.2, 0) is 0 Å². The van der Waals surface area contributed by atoms with E-state index < -0.39 is 6.23 Å². The Hall–Kier alpha value is -3.67. The summed E-state index contributed by atoms with van der Waals surface area (Å²) in [5.41, 5.74) is 4.14. The fourth-order valence-corrected chi connectivity index (χ4v) is 4.22. The Morgan fingerprint density at radius 2 is 1.58 bits per heavy atom. The molecular formula is C25H24N2O4. The normalized spacial score (nSPS) is 19.1. The van der Waals surface area contributed by atoms with Crippen molar-refractivity contribution < 1.29 is 18.9 Å². The fraction of sp³-hybridized carbons (Fsp3) is 0.240. The van der Waals surface area contributed by atoms with Crippen molar-refractivity contribution in [1.82, 2.24) is 5.01 Å². The van der Waals surface area contributed by atoms with Gasteiger partial charge in [-0.15, -0.1) is 0 Å². The third-order valence-electron chi connectivity index (χ3n) is 5.83. The number of fused-ring (bicyclic) bond motifs is 3. The maximum Gasteiger partial charge on any atom is 0.217 e. The number of benzene rings is 3. The average Bonchev–Trinajstić information content (AvgIpc) is 3.29. The van der Waals surface area contributed by atoms with Gasteiger partial charge in [0.2, 0.25) is 6.23 Å². The first-order chi connectivity index (χ1) is 15.2. The highest BCUT2D eigenvalue weighted by atomic mass is 16.5. The van der Waals surface area contributed by atoms with Crippen LogP contribution in [0.4, 0.5) is 0 Å². The molecule has 0 unspecified atom stereocenters. The number of ether oxygens (including phenoxy) is 4. The number of hydrazone groups is 1. The van der Waals surface area contributed by atoms with Crippen LogP contribution in [0.5, 0.6) is 23.0 Å². The van der Waals surface area contributed by atoms with E-state index in [0.717, 1.165) is 46.1 Å². The molecule has 0 saturated heterocycles. The van der Waals surface area contributed by atoms with Crippen molar-refractivity contribution in [2.45, 2.75) is 18.7 Å². The van der Waals surface area contributed by atoms with Gasteiger partial charge in [-0.1, -0.05) is 18.2 Å². The molecule has 0 radical (unpaired) electrons. The molecule has 0 aromatic heterocycles. The number of para-hydroxylation sites is 1. The molecule has 5 rings (SSSR count). The van der Waals surface area contributed by atoms with E-state index in [2.05, 4.69) is 6.07 Å². The maximum absolute atomic E-state index is 6.45. The summed E-state index contributed by atoms with van der Waals surface area (Å²) in [6.45, 7) is 0. The first kappa shape index (κ1) is 19.3. The van der Waals surface area contributed by atoms with Gasteiger partial charge in [-0.3, -0.25) is 0 Å². The van der Waals surface area contributed by atoms with Gasteiger partial charge in [0.05, 0.1) is 38.6 Å². The third-order valence-corrected chi connectivity index (χ3v) is 5.83. The minimum Gasteiger partial charge on any atom is -0.497 e. The van der Waals surface area contributed by atoms with Gasteiger partial charge in [0, 0.05) is 18.1 Å². The molecule has 3 aromatic rings. The lowest BCUT2D eigenvalue weighted by atomic mass is 9.96. The van der Waals surface area contributed by atoms with Crippen molar-refractivity contribution >= 4 is 5.71 Å². The summed E-state index contributed by atoms with van der Waals surface area (Å²) in [5, 5.41) is 7.06. The zero-order chi connectivity index (χ0) is 21.4. The largest absolute Gasteiger partial charge is 0.497 e. The predicted molar refractivity (Wildman–Crippen MR) is 118 cm³/mol. The van der Waals surface area contributed by atoms with Crippen molar-refractivity contribution in [3.63, 3.8) is 0 Å². The van der Waals surface area contributed by atoms with Gasteiger partial charge in [0.1, 0.15) is 23.0 Å². The lowest BCUT2D eigenvalue weighted by Crippen LogP contribution is -2.33. The minimum atomic E-state index is -0.406. The second-order valence-electron chi connectivity index (χ2n) is 7.49. The number of rotatable bonds is 5. The van der Waals surface area contributed by atoms with Crippen LogP contribution >= 0.6 is 0 Å². The van der Waals surface area contributed by atoms with Crippen molar-refractivity contribution in [3.05, 3.63) is 83.4 Å². The van der Waals surface area contributed by atoms with E-state index in [0.29, 0.717) is 5.75 Å². The standard InChI is InChI=1S/C25H24N2O4/c1-28-17-10-8-16(9-11-17)21-15-22-19-6-4-5-7-23(19)31-25(27(22)26-21)20-13-12-18(29-2)14-24(20)30-3/h4-14,22,25H,15H2,1-3H3/t22-,25-/m1/s1. The predicted octanol–water partition coefficient (Wildman–Crippen LogP) is 4.95. The van der Waals surface area contributed by atoms with Gasteiger partial charge in [-0.05, 0) is 48.0 Å². The Labute approximate surface area is 181 Å². The first-order valence-electron chi connectivity index (χ1n) is 10.2. The molecule has 2 aliphatic rings. The van der Waals surface area contributed by atoms with Crippen LogP contribution in [0.15, 0.2) is 71.8 Å². The second kappa shape index (κ2) is 7.87. The van der Waals surface area contributed by atoms with Crippen LogP contribution in [0, 0.1) is 0 Å². The van der Waals surface area contributed by atoms with E-state index in [1.807, 2.05) is 65.7 Å². The molecule has 0 spiro atoms. The molecule has 2 atom stereocenters. The Kier molecular flexibility index (Phi) is 4.90. The Morgan fingerprint density at radius 1 is 0.839 bits per heavy atom. The summed E-state index contributed by atoms with van der Waals surface area (Å²) in [4.78, 5) is 0. The lowest BCUT2D eigenvalue weighted by molar-refractivity contribution is -0.0203. The van der Waals surface area contributed by atoms with Crippen molar-refractivity contribution in [2.75, 3.05) is 21.3 Å². The van der Waals surface area contributed by atoms with Gasteiger partial charge < -0.3 is 18.9 Å². The SMILES string of the molecule is COc1ccc(C2=NN3[C@H](C2)c2ccccc2O[C@@H]3c2ccc(OC)cc2OC)cc1. The highest BCUT2D eigenvalue weighted by Crippen LogP contribution is 2.49. The summed E-state index contributed by atoms with van der Waals surface area (Å²) in [6, 6.07) is 22.0. The topological polar surface area (TPSA) is 52.5 Å². The Morgan fingerprint density at radius 3 is 2.32 bits per heavy atom. The van der Waals surface area contributed by atoms with Crippen LogP contribution < -0.4 is 18.9 Å². The molecule has 0 saturated carbocycles. The average molecular weight is 416 g/mol. The molecule has 0 amide bonds. The van der Waals surface area contributed by atoms with E-state index in [-0.39, 0.29) is 6.04 Å². The Balaban J connectivity index is 1.58. The van der Waals surface area contributed by atoms with Crippen molar-refractivity contribution in [1.29, 1.82) is 0 Å². The molecule has 0 aliphatic carbocycles. The summed E-state index contributed by atoms with van der Waals surface area (Å²) in [6.07, 6.45) is 0.387. The van der Waals surface area contributed by atoms with E-state index in [1.54, 1.807) is 21.3 Å². The molecular weight excluding hydrogens is 392 g/mol. The first-order valence-corrected chi connectivity index (χ1v) is 10.2. The molecule has 31 heavy (non-hydrogen) atoms. The Bertz CT molecular complexity index is 1130. The molecule has 6 nitrogen and oxygen atoms in total. The molecule has 0 fully saturated rings. The van der Waals surface area contributed by atoms with Crippen LogP contribution in [0.1, 0.15) is 35.4 Å². The highest BCUT2D eigenvalue weighted by Gasteiger charge is 2.41. The van der Waals surface area contributed by atoms with Gasteiger partial charge in [0.25, 0.3) is 0 Å². The third kappa shape index (κ3) is 3.34. The highest BCUT2D eigenvalue weighted by molar-refractivity contribution is 6.02. The van der Waals surface area contributed by atoms with Crippen LogP contribution in [-0.4, -0.2) is 32.0 Å². The fourth-order valence-electron chi connectivity index (χ4n) is 4.22. The monoisotopic (exact) mass is 416 g/mol. The summed E-state index contributed by atoms with van der Waals surface area (Å²) >= 11 is 0. The van der Waals surface area contributed by atoms with Gasteiger partial charge in [0.15, 0.2) is 0 Å². The number of methoxy groups -OCH3 is 3. The van der Waals surface area contributed by atoms with Crippen molar-refractivity contribution in [2.24, 2.45) is 5.10 Å². The molecule has 0 bridgehead atoms. The maximum atomic E-state index is 6.45. The summed E-state index contributed by atoms with van der Waals surface area (Å²) in [5.74, 6) is 3.14. The van der Waals surface area contributed by atoms with E-state index in [4.69, 9.17) is 24.0 Å². The number of nitrogens with zero attached hydrogens (tertiary/aromatic N) is 2. The van der Waals surface area contributed by atoms with Crippen LogP contribution in [0.3, 0.4) is 0 Å². The summed E-state index contributed by atoms with van der Waals surface area (Å²) in [7, 11) is 4.97. The quantitative estimate of drug-likeness (QED) is 0.589. The zero-order valence-electron chi connectivity index (χ0n) is 17.7. The molecule has 6 heteroatoms. The summed E-state index contributed by atoms with van der Waals surface area (Å²) < 4.78 is 22.8. The molecule has 0 N–H and O–H groups in total. The number of hydrogen-bond acceptors (Lipinski definition) is 6. The van der Waals surface area contributed by atoms with Gasteiger partial charge >= 0.3 is 0 Å². The molecule has 3 aromatic carbocycles. The molecule has 2 heterocycles. The van der Waals surface area contributed by atoms with E-state index >= 15 is 0 Å². The molecule has 2 aliphatic heterocycles. The van der Waals surface area contributed by atoms with Gasteiger partial charge in [-0.25, -0.2) is 5.01 Å². The van der Waals surface area contributed by atoms with Crippen LogP contribution in [0.25, 0.3) is 0 Å². The van der Waals surface area contributed by atoms with E-state index in [9.17, 15) is 0 Å². The molecule has 158 valence electrons. The van der Waals surface area contributed by atoms with Gasteiger partial charge in [-0.2, -0.15) is 5.10 Å². The van der Waals surface area contributed by atoms with E-state index in [1.165, 1.54) is 0 Å².